The lowest BCUT2D eigenvalue weighted by molar-refractivity contribution is 0.0966. The molecule has 0 radical (unpaired) electrons. The summed E-state index contributed by atoms with van der Waals surface area (Å²) in [6.45, 7) is 0.315. The molecule has 1 aliphatic heterocycles. The highest BCUT2D eigenvalue weighted by Crippen LogP contribution is 2.37. The fraction of sp³-hybridized carbons (Fsp3) is 0.0526. The van der Waals surface area contributed by atoms with E-state index in [4.69, 9.17) is 0 Å². The number of benzene rings is 2. The van der Waals surface area contributed by atoms with E-state index in [9.17, 15) is 18.0 Å². The lowest BCUT2D eigenvalue weighted by Crippen LogP contribution is -2.12. The van der Waals surface area contributed by atoms with Crippen LogP contribution in [0.1, 0.15) is 15.9 Å². The highest BCUT2D eigenvalue weighted by atomic mass is 19.1. The second kappa shape index (κ2) is 5.73. The first-order valence-corrected chi connectivity index (χ1v) is 7.56. The molecule has 1 aromatic heterocycles. The molecule has 0 fully saturated rings. The van der Waals surface area contributed by atoms with Crippen molar-refractivity contribution in [1.82, 2.24) is 10.3 Å². The lowest BCUT2D eigenvalue weighted by atomic mass is 9.91. The van der Waals surface area contributed by atoms with Crippen molar-refractivity contribution in [3.63, 3.8) is 0 Å². The number of pyridine rings is 1. The summed E-state index contributed by atoms with van der Waals surface area (Å²) in [6.07, 6.45) is 1.31. The summed E-state index contributed by atoms with van der Waals surface area (Å²) in [4.78, 5) is 15.6. The topological polar surface area (TPSA) is 42.0 Å². The van der Waals surface area contributed by atoms with Crippen molar-refractivity contribution >= 4 is 5.91 Å². The molecule has 3 nitrogen and oxygen atoms in total. The van der Waals surface area contributed by atoms with E-state index in [1.807, 2.05) is 0 Å². The Bertz CT molecular complexity index is 1020. The van der Waals surface area contributed by atoms with Gasteiger partial charge in [0.2, 0.25) is 5.95 Å². The maximum Gasteiger partial charge on any atom is 0.251 e. The number of nitrogens with zero attached hydrogens (tertiary/aromatic N) is 1. The molecule has 1 aliphatic rings. The first kappa shape index (κ1) is 15.4. The van der Waals surface area contributed by atoms with Crippen LogP contribution < -0.4 is 5.32 Å². The van der Waals surface area contributed by atoms with Crippen LogP contribution in [0, 0.1) is 17.6 Å². The lowest BCUT2D eigenvalue weighted by Gasteiger charge is -2.13. The van der Waals surface area contributed by atoms with Crippen LogP contribution in [0.5, 0.6) is 0 Å². The third-order valence-corrected chi connectivity index (χ3v) is 4.20. The van der Waals surface area contributed by atoms with Gasteiger partial charge in [0.15, 0.2) is 0 Å². The van der Waals surface area contributed by atoms with Crippen LogP contribution in [0.3, 0.4) is 0 Å². The van der Waals surface area contributed by atoms with Gasteiger partial charge in [-0.1, -0.05) is 0 Å². The van der Waals surface area contributed by atoms with E-state index >= 15 is 0 Å². The number of rotatable bonds is 2. The average Bonchev–Trinajstić information content (AvgIpc) is 2.95. The monoisotopic (exact) mass is 340 g/mol. The molecule has 25 heavy (non-hydrogen) atoms. The van der Waals surface area contributed by atoms with Crippen molar-refractivity contribution in [3.8, 4) is 22.3 Å². The first-order valence-electron chi connectivity index (χ1n) is 7.56. The number of hydrogen-bond acceptors (Lipinski definition) is 2. The number of carbonyl (C=O) groups excluding carboxylic acids is 1. The predicted octanol–water partition coefficient (Wildman–Crippen LogP) is 4.08. The SMILES string of the molecule is O=C1NCc2cc(-c3cccnc3F)c(-c3ccc(F)cc3F)cc21. The maximum atomic E-state index is 14.3. The van der Waals surface area contributed by atoms with E-state index < -0.39 is 17.6 Å². The number of hydrogen-bond donors (Lipinski definition) is 1. The normalized spacial score (nSPS) is 12.8. The maximum absolute atomic E-state index is 14.3. The molecular formula is C19H11F3N2O. The number of aromatic nitrogens is 1. The number of fused-ring (bicyclic) bond motifs is 1. The van der Waals surface area contributed by atoms with Crippen molar-refractivity contribution in [2.24, 2.45) is 0 Å². The molecule has 2 aromatic carbocycles. The van der Waals surface area contributed by atoms with Gasteiger partial charge in [0.1, 0.15) is 11.6 Å². The van der Waals surface area contributed by atoms with Crippen molar-refractivity contribution in [2.45, 2.75) is 6.54 Å². The highest BCUT2D eigenvalue weighted by Gasteiger charge is 2.24. The van der Waals surface area contributed by atoms with Crippen LogP contribution in [0.4, 0.5) is 13.2 Å². The predicted molar refractivity (Wildman–Crippen MR) is 86.2 cm³/mol. The molecule has 124 valence electrons. The van der Waals surface area contributed by atoms with Crippen molar-refractivity contribution in [1.29, 1.82) is 0 Å². The summed E-state index contributed by atoms with van der Waals surface area (Å²) in [5, 5.41) is 2.68. The van der Waals surface area contributed by atoms with Gasteiger partial charge in [-0.2, -0.15) is 4.39 Å². The number of nitrogens with one attached hydrogen (secondary N) is 1. The van der Waals surface area contributed by atoms with Crippen LogP contribution in [-0.4, -0.2) is 10.9 Å². The van der Waals surface area contributed by atoms with Gasteiger partial charge in [-0.15, -0.1) is 0 Å². The Morgan fingerprint density at radius 3 is 2.44 bits per heavy atom. The zero-order valence-electron chi connectivity index (χ0n) is 12.8. The second-order valence-corrected chi connectivity index (χ2v) is 5.70. The minimum atomic E-state index is -0.788. The Balaban J connectivity index is 2.03. The molecule has 3 aromatic rings. The fourth-order valence-electron chi connectivity index (χ4n) is 3.01. The van der Waals surface area contributed by atoms with Crippen LogP contribution >= 0.6 is 0 Å². The molecule has 0 spiro atoms. The molecule has 0 atom stereocenters. The average molecular weight is 340 g/mol. The molecule has 2 heterocycles. The summed E-state index contributed by atoms with van der Waals surface area (Å²) in [6, 6.07) is 9.40. The minimum absolute atomic E-state index is 0.0853. The Hall–Kier alpha value is -3.15. The van der Waals surface area contributed by atoms with E-state index in [2.05, 4.69) is 10.3 Å². The van der Waals surface area contributed by atoms with E-state index in [1.165, 1.54) is 24.4 Å². The van der Waals surface area contributed by atoms with Crippen LogP contribution in [-0.2, 0) is 6.54 Å². The molecular weight excluding hydrogens is 329 g/mol. The van der Waals surface area contributed by atoms with E-state index in [1.54, 1.807) is 12.1 Å². The minimum Gasteiger partial charge on any atom is -0.348 e. The molecule has 4 rings (SSSR count). The zero-order chi connectivity index (χ0) is 17.6. The van der Waals surface area contributed by atoms with Gasteiger partial charge >= 0.3 is 0 Å². The van der Waals surface area contributed by atoms with Crippen molar-refractivity contribution in [2.75, 3.05) is 0 Å². The molecule has 1 amide bonds. The van der Waals surface area contributed by atoms with Crippen LogP contribution in [0.25, 0.3) is 22.3 Å². The molecule has 0 saturated carbocycles. The van der Waals surface area contributed by atoms with Gasteiger partial charge in [0.25, 0.3) is 5.91 Å². The van der Waals surface area contributed by atoms with Gasteiger partial charge in [-0.3, -0.25) is 4.79 Å². The van der Waals surface area contributed by atoms with E-state index in [-0.39, 0.29) is 17.0 Å². The standard InChI is InChI=1S/C19H11F3N2O/c20-11-3-4-12(17(21)7-11)16-8-14-10(9-24-19(14)25)6-15(16)13-2-1-5-23-18(13)22/h1-8H,9H2,(H,24,25). The first-order chi connectivity index (χ1) is 12.0. The number of halogens is 3. The van der Waals surface area contributed by atoms with Crippen molar-refractivity contribution in [3.05, 3.63) is 77.4 Å². The summed E-state index contributed by atoms with van der Waals surface area (Å²) >= 11 is 0. The third-order valence-electron chi connectivity index (χ3n) is 4.20. The molecule has 0 unspecified atom stereocenters. The van der Waals surface area contributed by atoms with E-state index in [0.29, 0.717) is 28.8 Å². The number of carbonyl (C=O) groups is 1. The molecule has 0 saturated heterocycles. The zero-order valence-corrected chi connectivity index (χ0v) is 12.8. The van der Waals surface area contributed by atoms with Gasteiger partial charge in [0.05, 0.1) is 0 Å². The van der Waals surface area contributed by atoms with Gasteiger partial charge < -0.3 is 5.32 Å². The summed E-state index contributed by atoms with van der Waals surface area (Å²) in [5.74, 6) is -2.49. The molecule has 0 aliphatic carbocycles. The molecule has 6 heteroatoms. The quantitative estimate of drug-likeness (QED) is 0.715. The molecule has 0 bridgehead atoms. The number of amides is 1. The van der Waals surface area contributed by atoms with Gasteiger partial charge in [-0.05, 0) is 53.1 Å². The Kier molecular flexibility index (Phi) is 3.53. The van der Waals surface area contributed by atoms with Crippen LogP contribution in [0.15, 0.2) is 48.7 Å². The smallest absolute Gasteiger partial charge is 0.251 e. The third kappa shape index (κ3) is 2.55. The van der Waals surface area contributed by atoms with Gasteiger partial charge in [-0.25, -0.2) is 13.8 Å². The Morgan fingerprint density at radius 2 is 1.68 bits per heavy atom. The summed E-state index contributed by atoms with van der Waals surface area (Å²) < 4.78 is 41.8. The fourth-order valence-corrected chi connectivity index (χ4v) is 3.01. The summed E-state index contributed by atoms with van der Waals surface area (Å²) in [7, 11) is 0. The summed E-state index contributed by atoms with van der Waals surface area (Å²) in [5.41, 5.74) is 2.05. The van der Waals surface area contributed by atoms with Crippen molar-refractivity contribution < 1.29 is 18.0 Å². The van der Waals surface area contributed by atoms with E-state index in [0.717, 1.165) is 12.1 Å². The second-order valence-electron chi connectivity index (χ2n) is 5.70. The highest BCUT2D eigenvalue weighted by molar-refractivity contribution is 6.01. The largest absolute Gasteiger partial charge is 0.348 e. The molecule has 1 N–H and O–H groups in total. The van der Waals surface area contributed by atoms with Crippen LogP contribution in [0.2, 0.25) is 0 Å². The Labute approximate surface area is 141 Å². The Morgan fingerprint density at radius 1 is 0.880 bits per heavy atom. The van der Waals surface area contributed by atoms with Gasteiger partial charge in [0, 0.05) is 35.5 Å².